The Labute approximate surface area is 102 Å². The maximum absolute atomic E-state index is 11.7. The van der Waals surface area contributed by atoms with Gasteiger partial charge < -0.3 is 5.32 Å². The molecule has 90 valence electrons. The van der Waals surface area contributed by atoms with Gasteiger partial charge in [-0.05, 0) is 24.7 Å². The summed E-state index contributed by atoms with van der Waals surface area (Å²) in [6, 6.07) is 0. The molecule has 1 amide bonds. The highest BCUT2D eigenvalue weighted by atomic mass is 79.9. The van der Waals surface area contributed by atoms with Crippen LogP contribution in [0.2, 0.25) is 0 Å². The number of hydrogen-bond donors (Lipinski definition) is 1. The quantitative estimate of drug-likeness (QED) is 0.711. The Kier molecular flexibility index (Phi) is 7.24. The van der Waals surface area contributed by atoms with E-state index < -0.39 is 0 Å². The molecule has 0 radical (unpaired) electrons. The van der Waals surface area contributed by atoms with E-state index in [2.05, 4.69) is 48.9 Å². The molecule has 0 atom stereocenters. The Morgan fingerprint density at radius 1 is 1.33 bits per heavy atom. The van der Waals surface area contributed by atoms with E-state index in [0.29, 0.717) is 0 Å². The minimum atomic E-state index is 0.185. The summed E-state index contributed by atoms with van der Waals surface area (Å²) in [5, 5.41) is 4.04. The summed E-state index contributed by atoms with van der Waals surface area (Å²) in [7, 11) is 0. The molecule has 0 aromatic rings. The van der Waals surface area contributed by atoms with Crippen molar-refractivity contribution in [2.24, 2.45) is 11.3 Å². The van der Waals surface area contributed by atoms with Gasteiger partial charge in [0.15, 0.2) is 0 Å². The Hall–Kier alpha value is -0.0500. The lowest BCUT2D eigenvalue weighted by Crippen LogP contribution is -2.37. The Morgan fingerprint density at radius 3 is 2.27 bits per heavy atom. The van der Waals surface area contributed by atoms with Crippen LogP contribution in [0, 0.1) is 11.3 Å². The van der Waals surface area contributed by atoms with Gasteiger partial charge in [-0.15, -0.1) is 0 Å². The van der Waals surface area contributed by atoms with Crippen molar-refractivity contribution in [3.8, 4) is 0 Å². The minimum Gasteiger partial charge on any atom is -0.355 e. The molecule has 0 saturated heterocycles. The standard InChI is InChI=1S/C12H24BrNO/c1-5-10(6-2)11(15)14-9-12(3,4)7-8-13/h10H,5-9H2,1-4H3,(H,14,15). The largest absolute Gasteiger partial charge is 0.355 e. The first-order valence-corrected chi connectivity index (χ1v) is 6.92. The molecule has 0 fully saturated rings. The second-order valence-corrected chi connectivity index (χ2v) is 5.63. The van der Waals surface area contributed by atoms with Gasteiger partial charge in [0.05, 0.1) is 0 Å². The molecule has 0 rings (SSSR count). The summed E-state index contributed by atoms with van der Waals surface area (Å²) in [6.45, 7) is 9.27. The lowest BCUT2D eigenvalue weighted by Gasteiger charge is -2.25. The van der Waals surface area contributed by atoms with E-state index in [9.17, 15) is 4.79 Å². The molecule has 2 nitrogen and oxygen atoms in total. The minimum absolute atomic E-state index is 0.185. The SMILES string of the molecule is CCC(CC)C(=O)NCC(C)(C)CCBr. The average molecular weight is 278 g/mol. The van der Waals surface area contributed by atoms with Crippen LogP contribution in [0.1, 0.15) is 47.0 Å². The molecule has 3 heteroatoms. The Balaban J connectivity index is 3.98. The molecule has 0 aliphatic heterocycles. The van der Waals surface area contributed by atoms with Crippen LogP contribution in [-0.2, 0) is 4.79 Å². The first kappa shape index (κ1) is 14.9. The van der Waals surface area contributed by atoms with Gasteiger partial charge >= 0.3 is 0 Å². The Bertz CT molecular complexity index is 188. The monoisotopic (exact) mass is 277 g/mol. The van der Waals surface area contributed by atoms with E-state index in [1.54, 1.807) is 0 Å². The third kappa shape index (κ3) is 6.18. The molecule has 0 bridgehead atoms. The smallest absolute Gasteiger partial charge is 0.223 e. The van der Waals surface area contributed by atoms with E-state index in [1.165, 1.54) is 0 Å². The summed E-state index contributed by atoms with van der Waals surface area (Å²) < 4.78 is 0. The normalized spacial score (nSPS) is 11.9. The lowest BCUT2D eigenvalue weighted by molar-refractivity contribution is -0.125. The van der Waals surface area contributed by atoms with E-state index in [1.807, 2.05) is 0 Å². The van der Waals surface area contributed by atoms with Gasteiger partial charge in [0, 0.05) is 17.8 Å². The Morgan fingerprint density at radius 2 is 1.87 bits per heavy atom. The average Bonchev–Trinajstić information content (AvgIpc) is 2.17. The number of carbonyl (C=O) groups is 1. The summed E-state index contributed by atoms with van der Waals surface area (Å²) >= 11 is 3.44. The van der Waals surface area contributed by atoms with Crippen LogP contribution in [0.4, 0.5) is 0 Å². The number of rotatable bonds is 7. The highest BCUT2D eigenvalue weighted by Gasteiger charge is 2.20. The number of nitrogens with one attached hydrogen (secondary N) is 1. The zero-order valence-corrected chi connectivity index (χ0v) is 12.0. The summed E-state index contributed by atoms with van der Waals surface area (Å²) in [5.41, 5.74) is 0.186. The van der Waals surface area contributed by atoms with Crippen molar-refractivity contribution in [2.45, 2.75) is 47.0 Å². The van der Waals surface area contributed by atoms with Crippen LogP contribution in [0.25, 0.3) is 0 Å². The van der Waals surface area contributed by atoms with Crippen molar-refractivity contribution < 1.29 is 4.79 Å². The summed E-state index contributed by atoms with van der Waals surface area (Å²) in [6.07, 6.45) is 2.94. The maximum Gasteiger partial charge on any atom is 0.223 e. The molecule has 0 aliphatic rings. The van der Waals surface area contributed by atoms with E-state index in [0.717, 1.165) is 31.1 Å². The van der Waals surface area contributed by atoms with Crippen molar-refractivity contribution in [1.82, 2.24) is 5.32 Å². The molecular formula is C12H24BrNO. The third-order valence-electron chi connectivity index (χ3n) is 2.87. The predicted molar refractivity (Wildman–Crippen MR) is 69.3 cm³/mol. The number of carbonyl (C=O) groups excluding carboxylic acids is 1. The van der Waals surface area contributed by atoms with Crippen LogP contribution in [-0.4, -0.2) is 17.8 Å². The van der Waals surface area contributed by atoms with Gasteiger partial charge in [-0.3, -0.25) is 4.79 Å². The number of alkyl halides is 1. The second kappa shape index (κ2) is 7.26. The van der Waals surface area contributed by atoms with Gasteiger partial charge in [-0.1, -0.05) is 43.6 Å². The molecule has 0 spiro atoms. The fourth-order valence-electron chi connectivity index (χ4n) is 1.47. The summed E-state index contributed by atoms with van der Waals surface area (Å²) in [4.78, 5) is 11.7. The zero-order valence-electron chi connectivity index (χ0n) is 10.4. The highest BCUT2D eigenvalue weighted by Crippen LogP contribution is 2.20. The number of halogens is 1. The molecule has 0 aromatic heterocycles. The molecule has 15 heavy (non-hydrogen) atoms. The van der Waals surface area contributed by atoms with Crippen LogP contribution in [0.15, 0.2) is 0 Å². The van der Waals surface area contributed by atoms with Gasteiger partial charge in [-0.25, -0.2) is 0 Å². The van der Waals surface area contributed by atoms with E-state index in [-0.39, 0.29) is 17.2 Å². The fraction of sp³-hybridized carbons (Fsp3) is 0.917. The molecule has 1 N–H and O–H groups in total. The van der Waals surface area contributed by atoms with Crippen molar-refractivity contribution in [3.05, 3.63) is 0 Å². The van der Waals surface area contributed by atoms with Gasteiger partial charge in [0.25, 0.3) is 0 Å². The van der Waals surface area contributed by atoms with Crippen LogP contribution in [0.3, 0.4) is 0 Å². The number of amides is 1. The van der Waals surface area contributed by atoms with Gasteiger partial charge in [-0.2, -0.15) is 0 Å². The van der Waals surface area contributed by atoms with Crippen molar-refractivity contribution >= 4 is 21.8 Å². The molecule has 0 unspecified atom stereocenters. The fourth-order valence-corrected chi connectivity index (χ4v) is 2.55. The van der Waals surface area contributed by atoms with Gasteiger partial charge in [0.1, 0.15) is 0 Å². The zero-order chi connectivity index (χ0) is 11.9. The lowest BCUT2D eigenvalue weighted by atomic mass is 9.90. The first-order chi connectivity index (χ1) is 6.96. The maximum atomic E-state index is 11.7. The molecule has 0 aliphatic carbocycles. The van der Waals surface area contributed by atoms with Crippen LogP contribution < -0.4 is 5.32 Å². The second-order valence-electron chi connectivity index (χ2n) is 4.83. The third-order valence-corrected chi connectivity index (χ3v) is 3.27. The van der Waals surface area contributed by atoms with E-state index in [4.69, 9.17) is 0 Å². The van der Waals surface area contributed by atoms with Crippen molar-refractivity contribution in [1.29, 1.82) is 0 Å². The van der Waals surface area contributed by atoms with Crippen LogP contribution in [0.5, 0.6) is 0 Å². The molecule has 0 aromatic carbocycles. The molecular weight excluding hydrogens is 254 g/mol. The van der Waals surface area contributed by atoms with Gasteiger partial charge in [0.2, 0.25) is 5.91 Å². The molecule has 0 heterocycles. The first-order valence-electron chi connectivity index (χ1n) is 5.80. The van der Waals surface area contributed by atoms with Crippen molar-refractivity contribution in [2.75, 3.05) is 11.9 Å². The number of hydrogen-bond acceptors (Lipinski definition) is 1. The highest BCUT2D eigenvalue weighted by molar-refractivity contribution is 9.09. The topological polar surface area (TPSA) is 29.1 Å². The van der Waals surface area contributed by atoms with Crippen molar-refractivity contribution in [3.63, 3.8) is 0 Å². The predicted octanol–water partition coefficient (Wildman–Crippen LogP) is 3.35. The van der Waals surface area contributed by atoms with Crippen LogP contribution >= 0.6 is 15.9 Å². The summed E-state index contributed by atoms with van der Waals surface area (Å²) in [5.74, 6) is 0.396. The van der Waals surface area contributed by atoms with E-state index >= 15 is 0 Å². The molecule has 0 saturated carbocycles.